The molecule has 1 N–H and O–H groups in total. The molecule has 0 radical (unpaired) electrons. The first-order valence-corrected chi connectivity index (χ1v) is 8.59. The number of rotatable bonds is 5. The van der Waals surface area contributed by atoms with Crippen molar-refractivity contribution in [2.45, 2.75) is 18.4 Å². The molecule has 0 fully saturated rings. The summed E-state index contributed by atoms with van der Waals surface area (Å²) in [5, 5.41) is 0. The lowest BCUT2D eigenvalue weighted by Crippen LogP contribution is -2.23. The van der Waals surface area contributed by atoms with Crippen molar-refractivity contribution in [2.24, 2.45) is 0 Å². The number of halogens is 1. The molecular weight excluding hydrogens is 354 g/mol. The van der Waals surface area contributed by atoms with Gasteiger partial charge in [-0.1, -0.05) is 33.6 Å². The zero-order chi connectivity index (χ0) is 15.5. The van der Waals surface area contributed by atoms with Crippen LogP contribution in [0.15, 0.2) is 51.8 Å². The number of benzene rings is 2. The molecule has 2 aromatic carbocycles. The first kappa shape index (κ1) is 16.0. The largest absolute Gasteiger partial charge is 0.497 e. The molecule has 0 aliphatic carbocycles. The topological polar surface area (TPSA) is 55.4 Å². The van der Waals surface area contributed by atoms with E-state index in [9.17, 15) is 8.42 Å². The number of sulfonamides is 1. The Bertz CT molecular complexity index is 727. The smallest absolute Gasteiger partial charge is 0.240 e. The second kappa shape index (κ2) is 6.60. The number of hydrogen-bond acceptors (Lipinski definition) is 3. The van der Waals surface area contributed by atoms with Crippen molar-refractivity contribution in [2.75, 3.05) is 7.11 Å². The summed E-state index contributed by atoms with van der Waals surface area (Å²) in [6.07, 6.45) is 0. The summed E-state index contributed by atoms with van der Waals surface area (Å²) in [5.74, 6) is 0.683. The Morgan fingerprint density at radius 2 is 1.81 bits per heavy atom. The van der Waals surface area contributed by atoms with Gasteiger partial charge in [0.1, 0.15) is 5.75 Å². The zero-order valence-electron chi connectivity index (χ0n) is 11.8. The highest BCUT2D eigenvalue weighted by Crippen LogP contribution is 2.23. The summed E-state index contributed by atoms with van der Waals surface area (Å²) in [6.45, 7) is 2.10. The average Bonchev–Trinajstić information content (AvgIpc) is 2.47. The van der Waals surface area contributed by atoms with E-state index in [2.05, 4.69) is 20.7 Å². The molecule has 0 heterocycles. The third-order valence-corrected chi connectivity index (χ3v) is 5.23. The predicted molar refractivity (Wildman–Crippen MR) is 85.9 cm³/mol. The second-order valence-corrected chi connectivity index (χ2v) is 7.22. The van der Waals surface area contributed by atoms with Crippen LogP contribution in [0.3, 0.4) is 0 Å². The second-order valence-electron chi connectivity index (χ2n) is 4.59. The molecule has 0 unspecified atom stereocenters. The van der Waals surface area contributed by atoms with Gasteiger partial charge in [-0.3, -0.25) is 0 Å². The van der Waals surface area contributed by atoms with Crippen LogP contribution < -0.4 is 9.46 Å². The Morgan fingerprint density at radius 1 is 1.14 bits per heavy atom. The van der Waals surface area contributed by atoms with Crippen LogP contribution in [0.4, 0.5) is 0 Å². The zero-order valence-corrected chi connectivity index (χ0v) is 14.2. The molecule has 6 heteroatoms. The van der Waals surface area contributed by atoms with E-state index in [-0.39, 0.29) is 11.4 Å². The van der Waals surface area contributed by atoms with Crippen molar-refractivity contribution >= 4 is 26.0 Å². The summed E-state index contributed by atoms with van der Waals surface area (Å²) < 4.78 is 33.0. The van der Waals surface area contributed by atoms with Crippen LogP contribution >= 0.6 is 15.9 Å². The molecule has 0 saturated carbocycles. The van der Waals surface area contributed by atoms with E-state index in [1.165, 1.54) is 0 Å². The number of methoxy groups -OCH3 is 1. The fraction of sp³-hybridized carbons (Fsp3) is 0.200. The van der Waals surface area contributed by atoms with Crippen LogP contribution in [0, 0.1) is 6.92 Å². The van der Waals surface area contributed by atoms with Crippen LogP contribution in [0.5, 0.6) is 5.75 Å². The molecule has 2 aromatic rings. The number of hydrogen-bond donors (Lipinski definition) is 1. The molecule has 0 aliphatic heterocycles. The van der Waals surface area contributed by atoms with Crippen molar-refractivity contribution in [3.63, 3.8) is 0 Å². The standard InChI is InChI=1S/C15H16BrNO3S/c1-11-3-6-14(7-4-11)21(18,19)17-10-12-9-13(20-2)5-8-15(12)16/h3-9,17H,10H2,1-2H3. The third kappa shape index (κ3) is 4.06. The van der Waals surface area contributed by atoms with Gasteiger partial charge in [0.05, 0.1) is 12.0 Å². The van der Waals surface area contributed by atoms with Crippen LogP contribution in [0.2, 0.25) is 0 Å². The predicted octanol–water partition coefficient (Wildman–Crippen LogP) is 3.24. The van der Waals surface area contributed by atoms with Gasteiger partial charge in [0.15, 0.2) is 0 Å². The lowest BCUT2D eigenvalue weighted by Gasteiger charge is -2.10. The van der Waals surface area contributed by atoms with Gasteiger partial charge in [0, 0.05) is 11.0 Å². The van der Waals surface area contributed by atoms with Crippen molar-refractivity contribution in [1.82, 2.24) is 4.72 Å². The third-order valence-electron chi connectivity index (χ3n) is 3.04. The Balaban J connectivity index is 2.17. The van der Waals surface area contributed by atoms with Crippen molar-refractivity contribution in [3.8, 4) is 5.75 Å². The first-order chi connectivity index (χ1) is 9.92. The number of aryl methyl sites for hydroxylation is 1. The van der Waals surface area contributed by atoms with Crippen molar-refractivity contribution < 1.29 is 13.2 Å². The summed E-state index contributed by atoms with van der Waals surface area (Å²) >= 11 is 3.40. The first-order valence-electron chi connectivity index (χ1n) is 6.31. The molecule has 0 atom stereocenters. The van der Waals surface area contributed by atoms with Crippen LogP contribution in [-0.4, -0.2) is 15.5 Å². The van der Waals surface area contributed by atoms with Gasteiger partial charge in [-0.25, -0.2) is 13.1 Å². The van der Waals surface area contributed by atoms with E-state index < -0.39 is 10.0 Å². The van der Waals surface area contributed by atoms with Gasteiger partial charge in [0.2, 0.25) is 10.0 Å². The average molecular weight is 370 g/mol. The van der Waals surface area contributed by atoms with Crippen molar-refractivity contribution in [1.29, 1.82) is 0 Å². The molecule has 112 valence electrons. The maximum atomic E-state index is 12.2. The Hall–Kier alpha value is -1.37. The molecular formula is C15H16BrNO3S. The highest BCUT2D eigenvalue weighted by atomic mass is 79.9. The van der Waals surface area contributed by atoms with Gasteiger partial charge in [-0.05, 0) is 42.8 Å². The molecule has 0 aliphatic rings. The minimum Gasteiger partial charge on any atom is -0.497 e. The van der Waals surface area contributed by atoms with E-state index in [0.717, 1.165) is 15.6 Å². The summed E-state index contributed by atoms with van der Waals surface area (Å²) in [5.41, 5.74) is 1.83. The highest BCUT2D eigenvalue weighted by Gasteiger charge is 2.14. The molecule has 4 nitrogen and oxygen atoms in total. The Kier molecular flexibility index (Phi) is 5.03. The van der Waals surface area contributed by atoms with Crippen LogP contribution in [-0.2, 0) is 16.6 Å². The van der Waals surface area contributed by atoms with Gasteiger partial charge in [-0.15, -0.1) is 0 Å². The van der Waals surface area contributed by atoms with E-state index >= 15 is 0 Å². The summed E-state index contributed by atoms with van der Waals surface area (Å²) in [6, 6.07) is 12.2. The molecule has 0 spiro atoms. The molecule has 2 rings (SSSR count). The quantitative estimate of drug-likeness (QED) is 0.879. The fourth-order valence-corrected chi connectivity index (χ4v) is 3.18. The Labute approximate surface area is 133 Å². The highest BCUT2D eigenvalue weighted by molar-refractivity contribution is 9.10. The lowest BCUT2D eigenvalue weighted by molar-refractivity contribution is 0.414. The maximum absolute atomic E-state index is 12.2. The fourth-order valence-electron chi connectivity index (χ4n) is 1.79. The van der Waals surface area contributed by atoms with Gasteiger partial charge < -0.3 is 4.74 Å². The normalized spacial score (nSPS) is 11.4. The van der Waals surface area contributed by atoms with E-state index in [1.54, 1.807) is 37.4 Å². The van der Waals surface area contributed by atoms with Crippen molar-refractivity contribution in [3.05, 3.63) is 58.1 Å². The summed E-state index contributed by atoms with van der Waals surface area (Å²) in [4.78, 5) is 0.257. The molecule has 0 aromatic heterocycles. The molecule has 0 bridgehead atoms. The number of ether oxygens (including phenoxy) is 1. The Morgan fingerprint density at radius 3 is 2.43 bits per heavy atom. The van der Waals surface area contributed by atoms with E-state index in [4.69, 9.17) is 4.74 Å². The van der Waals surface area contributed by atoms with E-state index in [1.807, 2.05) is 19.1 Å². The molecule has 0 saturated heterocycles. The van der Waals surface area contributed by atoms with Gasteiger partial charge in [0.25, 0.3) is 0 Å². The monoisotopic (exact) mass is 369 g/mol. The van der Waals surface area contributed by atoms with E-state index in [0.29, 0.717) is 5.75 Å². The minimum atomic E-state index is -3.52. The SMILES string of the molecule is COc1ccc(Br)c(CNS(=O)(=O)c2ccc(C)cc2)c1. The van der Waals surface area contributed by atoms with Crippen LogP contribution in [0.1, 0.15) is 11.1 Å². The minimum absolute atomic E-state index is 0.188. The maximum Gasteiger partial charge on any atom is 0.240 e. The van der Waals surface area contributed by atoms with Gasteiger partial charge in [-0.2, -0.15) is 0 Å². The lowest BCUT2D eigenvalue weighted by atomic mass is 10.2. The molecule has 21 heavy (non-hydrogen) atoms. The summed E-state index contributed by atoms with van der Waals surface area (Å²) in [7, 11) is -1.95. The molecule has 0 amide bonds. The van der Waals surface area contributed by atoms with Crippen LogP contribution in [0.25, 0.3) is 0 Å². The van der Waals surface area contributed by atoms with Gasteiger partial charge >= 0.3 is 0 Å². The number of nitrogens with one attached hydrogen (secondary N) is 1.